The molecular formula is C14H19NO2. The number of carbonyl (C=O) groups excluding carboxylic acids is 1. The number of carbonyl (C=O) groups is 1. The Labute approximate surface area is 102 Å². The van der Waals surface area contributed by atoms with Gasteiger partial charge in [-0.25, -0.2) is 4.79 Å². The summed E-state index contributed by atoms with van der Waals surface area (Å²) in [6.07, 6.45) is 2.86. The van der Waals surface area contributed by atoms with Crippen molar-refractivity contribution in [2.24, 2.45) is 0 Å². The van der Waals surface area contributed by atoms with E-state index in [-0.39, 0.29) is 5.97 Å². The van der Waals surface area contributed by atoms with Gasteiger partial charge in [-0.3, -0.25) is 0 Å². The zero-order valence-electron chi connectivity index (χ0n) is 10.6. The summed E-state index contributed by atoms with van der Waals surface area (Å²) in [6, 6.07) is 8.28. The molecule has 0 aliphatic carbocycles. The molecule has 0 saturated carbocycles. The zero-order chi connectivity index (χ0) is 12.7. The van der Waals surface area contributed by atoms with Gasteiger partial charge in [-0.2, -0.15) is 0 Å². The van der Waals surface area contributed by atoms with Crippen LogP contribution in [0.15, 0.2) is 35.9 Å². The van der Waals surface area contributed by atoms with E-state index in [0.29, 0.717) is 12.1 Å². The number of aryl methyl sites for hydroxylation is 1. The lowest BCUT2D eigenvalue weighted by Gasteiger charge is -2.05. The number of rotatable bonds is 5. The molecule has 0 spiro atoms. The molecule has 0 atom stereocenters. The van der Waals surface area contributed by atoms with Crippen LogP contribution in [0.1, 0.15) is 19.4 Å². The lowest BCUT2D eigenvalue weighted by atomic mass is 10.1. The number of ether oxygens (including phenoxy) is 1. The summed E-state index contributed by atoms with van der Waals surface area (Å²) in [7, 11) is 1.39. The Morgan fingerprint density at radius 2 is 2.00 bits per heavy atom. The lowest BCUT2D eigenvalue weighted by molar-refractivity contribution is -0.136. The number of benzene rings is 1. The van der Waals surface area contributed by atoms with Gasteiger partial charge in [-0.15, -0.1) is 0 Å². The topological polar surface area (TPSA) is 38.3 Å². The highest BCUT2D eigenvalue weighted by atomic mass is 16.5. The predicted octanol–water partition coefficient (Wildman–Crippen LogP) is 2.78. The third-order valence-corrected chi connectivity index (χ3v) is 2.58. The first-order valence-electron chi connectivity index (χ1n) is 5.75. The Kier molecular flexibility index (Phi) is 5.27. The van der Waals surface area contributed by atoms with Crippen molar-refractivity contribution < 1.29 is 9.53 Å². The number of hydrogen-bond donors (Lipinski definition) is 1. The third-order valence-electron chi connectivity index (χ3n) is 2.58. The van der Waals surface area contributed by atoms with Gasteiger partial charge in [-0.1, -0.05) is 25.1 Å². The fourth-order valence-corrected chi connectivity index (χ4v) is 1.42. The van der Waals surface area contributed by atoms with Crippen molar-refractivity contribution in [1.29, 1.82) is 0 Å². The Balaban J connectivity index is 2.47. The molecule has 92 valence electrons. The smallest absolute Gasteiger partial charge is 0.333 e. The molecule has 0 aromatic heterocycles. The van der Waals surface area contributed by atoms with Gasteiger partial charge < -0.3 is 10.1 Å². The minimum absolute atomic E-state index is 0.284. The maximum Gasteiger partial charge on any atom is 0.333 e. The Hall–Kier alpha value is -1.77. The molecule has 0 fully saturated rings. The van der Waals surface area contributed by atoms with Crippen molar-refractivity contribution in [3.63, 3.8) is 0 Å². The second-order valence-corrected chi connectivity index (χ2v) is 3.81. The highest BCUT2D eigenvalue weighted by molar-refractivity contribution is 5.87. The summed E-state index contributed by atoms with van der Waals surface area (Å²) < 4.78 is 4.61. The average molecular weight is 233 g/mol. The fraction of sp³-hybridized carbons (Fsp3) is 0.357. The third kappa shape index (κ3) is 4.31. The Morgan fingerprint density at radius 1 is 1.35 bits per heavy atom. The lowest BCUT2D eigenvalue weighted by Crippen LogP contribution is -2.05. The number of methoxy groups -OCH3 is 1. The maximum absolute atomic E-state index is 11.1. The van der Waals surface area contributed by atoms with E-state index in [1.165, 1.54) is 12.7 Å². The Morgan fingerprint density at radius 3 is 2.53 bits per heavy atom. The van der Waals surface area contributed by atoms with Gasteiger partial charge >= 0.3 is 5.97 Å². The monoisotopic (exact) mass is 233 g/mol. The summed E-state index contributed by atoms with van der Waals surface area (Å²) in [4.78, 5) is 11.1. The van der Waals surface area contributed by atoms with E-state index in [1.807, 2.05) is 18.2 Å². The second-order valence-electron chi connectivity index (χ2n) is 3.81. The average Bonchev–Trinajstić information content (AvgIpc) is 2.38. The van der Waals surface area contributed by atoms with Crippen molar-refractivity contribution >= 4 is 11.7 Å². The molecule has 0 unspecified atom stereocenters. The zero-order valence-corrected chi connectivity index (χ0v) is 10.6. The number of anilines is 1. The van der Waals surface area contributed by atoms with Crippen LogP contribution in [0.3, 0.4) is 0 Å². The van der Waals surface area contributed by atoms with Gasteiger partial charge in [0, 0.05) is 17.8 Å². The summed E-state index contributed by atoms with van der Waals surface area (Å²) >= 11 is 0. The second kappa shape index (κ2) is 6.74. The molecule has 3 heteroatoms. The highest BCUT2D eigenvalue weighted by Crippen LogP contribution is 2.09. The fourth-order valence-electron chi connectivity index (χ4n) is 1.42. The van der Waals surface area contributed by atoms with Gasteiger partial charge in [0.2, 0.25) is 0 Å². The van der Waals surface area contributed by atoms with E-state index >= 15 is 0 Å². The molecule has 0 bridgehead atoms. The first-order chi connectivity index (χ1) is 8.17. The largest absolute Gasteiger partial charge is 0.466 e. The molecule has 0 aliphatic rings. The number of esters is 1. The highest BCUT2D eigenvalue weighted by Gasteiger charge is 2.01. The van der Waals surface area contributed by atoms with E-state index in [2.05, 4.69) is 29.1 Å². The van der Waals surface area contributed by atoms with Crippen LogP contribution < -0.4 is 5.32 Å². The van der Waals surface area contributed by atoms with Gasteiger partial charge in [0.05, 0.1) is 7.11 Å². The van der Waals surface area contributed by atoms with Crippen LogP contribution in [0.2, 0.25) is 0 Å². The maximum atomic E-state index is 11.1. The summed E-state index contributed by atoms with van der Waals surface area (Å²) in [5, 5.41) is 3.22. The van der Waals surface area contributed by atoms with Crippen LogP contribution in [0.4, 0.5) is 5.69 Å². The van der Waals surface area contributed by atoms with Crippen molar-refractivity contribution in [1.82, 2.24) is 0 Å². The molecule has 0 aliphatic heterocycles. The number of nitrogens with one attached hydrogen (secondary N) is 1. The van der Waals surface area contributed by atoms with Crippen LogP contribution in [-0.2, 0) is 16.0 Å². The first-order valence-corrected chi connectivity index (χ1v) is 5.75. The van der Waals surface area contributed by atoms with Crippen LogP contribution in [0, 0.1) is 0 Å². The van der Waals surface area contributed by atoms with Crippen molar-refractivity contribution in [2.75, 3.05) is 19.0 Å². The summed E-state index contributed by atoms with van der Waals surface area (Å²) in [5.74, 6) is -0.284. The predicted molar refractivity (Wildman–Crippen MR) is 70.1 cm³/mol. The molecule has 3 nitrogen and oxygen atoms in total. The van der Waals surface area contributed by atoms with Crippen molar-refractivity contribution in [3.05, 3.63) is 41.5 Å². The standard InChI is InChI=1S/C14H19NO2/c1-4-12-5-7-13(8-6-12)15-10-9-11(2)14(16)17-3/h5-9,15H,4,10H2,1-3H3/b11-9-. The molecule has 1 aromatic carbocycles. The van der Waals surface area contributed by atoms with E-state index in [0.717, 1.165) is 12.1 Å². The molecule has 0 saturated heterocycles. The number of hydrogen-bond acceptors (Lipinski definition) is 3. The quantitative estimate of drug-likeness (QED) is 0.627. The summed E-state index contributed by atoms with van der Waals surface area (Å²) in [6.45, 7) is 4.49. The van der Waals surface area contributed by atoms with Gasteiger partial charge in [-0.05, 0) is 31.0 Å². The SMILES string of the molecule is CCc1ccc(NC/C=C(/C)C(=O)OC)cc1. The van der Waals surface area contributed by atoms with E-state index in [1.54, 1.807) is 6.92 Å². The minimum Gasteiger partial charge on any atom is -0.466 e. The van der Waals surface area contributed by atoms with Crippen molar-refractivity contribution in [2.45, 2.75) is 20.3 Å². The molecule has 0 radical (unpaired) electrons. The molecule has 1 rings (SSSR count). The molecule has 1 aromatic rings. The molecule has 0 heterocycles. The molecule has 17 heavy (non-hydrogen) atoms. The van der Waals surface area contributed by atoms with Crippen LogP contribution in [0.5, 0.6) is 0 Å². The van der Waals surface area contributed by atoms with Crippen molar-refractivity contribution in [3.8, 4) is 0 Å². The van der Waals surface area contributed by atoms with Gasteiger partial charge in [0.15, 0.2) is 0 Å². The van der Waals surface area contributed by atoms with Gasteiger partial charge in [0.1, 0.15) is 0 Å². The minimum atomic E-state index is -0.284. The first kappa shape index (κ1) is 13.3. The van der Waals surface area contributed by atoms with Gasteiger partial charge in [0.25, 0.3) is 0 Å². The van der Waals surface area contributed by atoms with Crippen LogP contribution in [0.25, 0.3) is 0 Å². The van der Waals surface area contributed by atoms with E-state index in [9.17, 15) is 4.79 Å². The molecule has 0 amide bonds. The summed E-state index contributed by atoms with van der Waals surface area (Å²) in [5.41, 5.74) is 2.98. The van der Waals surface area contributed by atoms with E-state index < -0.39 is 0 Å². The normalized spacial score (nSPS) is 11.1. The Bertz CT molecular complexity index is 393. The molecular weight excluding hydrogens is 214 g/mol. The van der Waals surface area contributed by atoms with Crippen LogP contribution >= 0.6 is 0 Å². The molecule has 1 N–H and O–H groups in total. The van der Waals surface area contributed by atoms with Crippen LogP contribution in [-0.4, -0.2) is 19.6 Å². The van der Waals surface area contributed by atoms with E-state index in [4.69, 9.17) is 0 Å².